The summed E-state index contributed by atoms with van der Waals surface area (Å²) in [5.74, 6) is 1.04. The number of hydrogen-bond acceptors (Lipinski definition) is 3. The average Bonchev–Trinajstić information content (AvgIpc) is 2.96. The summed E-state index contributed by atoms with van der Waals surface area (Å²) in [6.45, 7) is 2.96. The van der Waals surface area contributed by atoms with Crippen LogP contribution in [0.15, 0.2) is 18.6 Å². The van der Waals surface area contributed by atoms with E-state index in [0.29, 0.717) is 5.69 Å². The SMILES string of the molecule is Cc1cnc2n1CCC(NC(=O)Nc1cnn(C)c1)C2. The number of fused-ring (bicyclic) bond motifs is 1. The minimum absolute atomic E-state index is 0.126. The van der Waals surface area contributed by atoms with Gasteiger partial charge in [-0.2, -0.15) is 5.10 Å². The fourth-order valence-corrected chi connectivity index (χ4v) is 2.55. The summed E-state index contributed by atoms with van der Waals surface area (Å²) in [5.41, 5.74) is 1.87. The van der Waals surface area contributed by atoms with E-state index in [9.17, 15) is 4.79 Å². The van der Waals surface area contributed by atoms with Crippen molar-refractivity contribution < 1.29 is 4.79 Å². The molecule has 0 bridgehead atoms. The van der Waals surface area contributed by atoms with Crippen molar-refractivity contribution in [3.63, 3.8) is 0 Å². The maximum atomic E-state index is 11.9. The summed E-state index contributed by atoms with van der Waals surface area (Å²) < 4.78 is 3.85. The van der Waals surface area contributed by atoms with Gasteiger partial charge in [-0.1, -0.05) is 0 Å². The van der Waals surface area contributed by atoms with Gasteiger partial charge in [-0.25, -0.2) is 9.78 Å². The van der Waals surface area contributed by atoms with E-state index in [1.807, 2.05) is 13.2 Å². The topological polar surface area (TPSA) is 76.8 Å². The first-order valence-corrected chi connectivity index (χ1v) is 6.69. The third kappa shape index (κ3) is 2.52. The molecule has 1 unspecified atom stereocenters. The molecule has 0 saturated carbocycles. The number of anilines is 1. The first kappa shape index (κ1) is 12.7. The number of urea groups is 1. The molecule has 3 rings (SSSR count). The lowest BCUT2D eigenvalue weighted by atomic mass is 10.1. The monoisotopic (exact) mass is 274 g/mol. The van der Waals surface area contributed by atoms with Crippen molar-refractivity contribution in [3.8, 4) is 0 Å². The lowest BCUT2D eigenvalue weighted by Gasteiger charge is -2.25. The van der Waals surface area contributed by atoms with E-state index in [1.54, 1.807) is 17.1 Å². The van der Waals surface area contributed by atoms with Crippen molar-refractivity contribution in [1.29, 1.82) is 0 Å². The van der Waals surface area contributed by atoms with Crippen LogP contribution in [0.5, 0.6) is 0 Å². The molecule has 20 heavy (non-hydrogen) atoms. The summed E-state index contributed by atoms with van der Waals surface area (Å²) in [6, 6.07) is -0.0688. The molecule has 7 heteroatoms. The van der Waals surface area contributed by atoms with Crippen LogP contribution in [0.2, 0.25) is 0 Å². The molecule has 7 nitrogen and oxygen atoms in total. The molecule has 1 atom stereocenters. The third-order valence-electron chi connectivity index (χ3n) is 3.57. The Morgan fingerprint density at radius 1 is 1.45 bits per heavy atom. The number of carbonyl (C=O) groups is 1. The van der Waals surface area contributed by atoms with E-state index >= 15 is 0 Å². The molecule has 2 amide bonds. The normalized spacial score (nSPS) is 17.6. The molecule has 0 aliphatic carbocycles. The van der Waals surface area contributed by atoms with E-state index in [1.165, 1.54) is 5.69 Å². The average molecular weight is 274 g/mol. The van der Waals surface area contributed by atoms with Crippen LogP contribution < -0.4 is 10.6 Å². The summed E-state index contributed by atoms with van der Waals surface area (Å²) in [5, 5.41) is 9.77. The number of hydrogen-bond donors (Lipinski definition) is 2. The lowest BCUT2D eigenvalue weighted by molar-refractivity contribution is 0.245. The molecule has 0 fully saturated rings. The summed E-state index contributed by atoms with van der Waals surface area (Å²) in [6.07, 6.45) is 6.96. The number of nitrogens with one attached hydrogen (secondary N) is 2. The van der Waals surface area contributed by atoms with Gasteiger partial charge in [0.1, 0.15) is 5.82 Å². The highest BCUT2D eigenvalue weighted by Crippen LogP contribution is 2.16. The highest BCUT2D eigenvalue weighted by atomic mass is 16.2. The van der Waals surface area contributed by atoms with E-state index in [0.717, 1.165) is 25.2 Å². The summed E-state index contributed by atoms with van der Waals surface area (Å²) in [7, 11) is 1.81. The quantitative estimate of drug-likeness (QED) is 0.859. The van der Waals surface area contributed by atoms with Crippen LogP contribution in [0.1, 0.15) is 17.9 Å². The Kier molecular flexibility index (Phi) is 3.17. The van der Waals surface area contributed by atoms with Crippen LogP contribution in [-0.2, 0) is 20.0 Å². The van der Waals surface area contributed by atoms with Gasteiger partial charge in [0.2, 0.25) is 0 Å². The van der Waals surface area contributed by atoms with Crippen LogP contribution >= 0.6 is 0 Å². The van der Waals surface area contributed by atoms with Gasteiger partial charge in [-0.15, -0.1) is 0 Å². The predicted molar refractivity (Wildman–Crippen MR) is 74.4 cm³/mol. The van der Waals surface area contributed by atoms with Gasteiger partial charge in [0.25, 0.3) is 0 Å². The largest absolute Gasteiger partial charge is 0.335 e. The van der Waals surface area contributed by atoms with E-state index < -0.39 is 0 Å². The third-order valence-corrected chi connectivity index (χ3v) is 3.57. The van der Waals surface area contributed by atoms with E-state index in [4.69, 9.17) is 0 Å². The molecular formula is C13H18N6O. The molecule has 106 valence electrons. The van der Waals surface area contributed by atoms with Crippen LogP contribution in [0.4, 0.5) is 10.5 Å². The van der Waals surface area contributed by atoms with E-state index in [-0.39, 0.29) is 12.1 Å². The number of aromatic nitrogens is 4. The van der Waals surface area contributed by atoms with Crippen molar-refractivity contribution in [3.05, 3.63) is 30.1 Å². The number of imidazole rings is 1. The molecule has 1 aliphatic rings. The highest BCUT2D eigenvalue weighted by molar-refractivity contribution is 5.89. The number of carbonyl (C=O) groups excluding carboxylic acids is 1. The number of aryl methyl sites for hydroxylation is 2. The lowest BCUT2D eigenvalue weighted by Crippen LogP contribution is -2.42. The van der Waals surface area contributed by atoms with Crippen LogP contribution in [-0.4, -0.2) is 31.4 Å². The molecule has 0 saturated heterocycles. The fraction of sp³-hybridized carbons (Fsp3) is 0.462. The van der Waals surface area contributed by atoms with Gasteiger partial charge in [0.05, 0.1) is 11.9 Å². The fourth-order valence-electron chi connectivity index (χ4n) is 2.55. The van der Waals surface area contributed by atoms with Gasteiger partial charge in [0, 0.05) is 44.1 Å². The molecule has 2 N–H and O–H groups in total. The molecule has 0 radical (unpaired) electrons. The van der Waals surface area contributed by atoms with Gasteiger partial charge in [-0.3, -0.25) is 4.68 Å². The van der Waals surface area contributed by atoms with Crippen molar-refractivity contribution >= 4 is 11.7 Å². The maximum absolute atomic E-state index is 11.9. The molecule has 0 spiro atoms. The van der Waals surface area contributed by atoms with Crippen molar-refractivity contribution in [2.45, 2.75) is 32.4 Å². The number of rotatable bonds is 2. The summed E-state index contributed by atoms with van der Waals surface area (Å²) in [4.78, 5) is 16.3. The second-order valence-corrected chi connectivity index (χ2v) is 5.16. The maximum Gasteiger partial charge on any atom is 0.319 e. The molecule has 1 aliphatic heterocycles. The predicted octanol–water partition coefficient (Wildman–Crippen LogP) is 1.06. The van der Waals surface area contributed by atoms with Crippen molar-refractivity contribution in [2.75, 3.05) is 5.32 Å². The second kappa shape index (κ2) is 4.99. The number of amides is 2. The van der Waals surface area contributed by atoms with Gasteiger partial charge in [0.15, 0.2) is 0 Å². The molecule has 0 aromatic carbocycles. The Bertz CT molecular complexity index is 629. The molecule has 3 heterocycles. The van der Waals surface area contributed by atoms with Crippen molar-refractivity contribution in [2.24, 2.45) is 7.05 Å². The zero-order chi connectivity index (χ0) is 14.1. The Morgan fingerprint density at radius 2 is 2.30 bits per heavy atom. The highest BCUT2D eigenvalue weighted by Gasteiger charge is 2.22. The van der Waals surface area contributed by atoms with E-state index in [2.05, 4.69) is 32.2 Å². The summed E-state index contributed by atoms with van der Waals surface area (Å²) >= 11 is 0. The van der Waals surface area contributed by atoms with Crippen LogP contribution in [0.25, 0.3) is 0 Å². The van der Waals surface area contributed by atoms with Crippen LogP contribution in [0.3, 0.4) is 0 Å². The van der Waals surface area contributed by atoms with Crippen LogP contribution in [0, 0.1) is 6.92 Å². The molecule has 2 aromatic heterocycles. The smallest absolute Gasteiger partial charge is 0.319 e. The van der Waals surface area contributed by atoms with Crippen molar-refractivity contribution in [1.82, 2.24) is 24.6 Å². The minimum atomic E-state index is -0.195. The first-order chi connectivity index (χ1) is 9.61. The number of nitrogens with zero attached hydrogens (tertiary/aromatic N) is 4. The zero-order valence-electron chi connectivity index (χ0n) is 11.6. The van der Waals surface area contributed by atoms with Gasteiger partial charge in [-0.05, 0) is 13.3 Å². The van der Waals surface area contributed by atoms with Gasteiger partial charge < -0.3 is 15.2 Å². The van der Waals surface area contributed by atoms with Gasteiger partial charge >= 0.3 is 6.03 Å². The minimum Gasteiger partial charge on any atom is -0.335 e. The molecule has 2 aromatic rings. The zero-order valence-corrected chi connectivity index (χ0v) is 11.6. The Labute approximate surface area is 117 Å². The Balaban J connectivity index is 1.58. The Morgan fingerprint density at radius 3 is 3.05 bits per heavy atom. The second-order valence-electron chi connectivity index (χ2n) is 5.16. The Hall–Kier alpha value is -2.31. The standard InChI is InChI=1S/C13H18N6O/c1-9-6-14-12-5-10(3-4-19(9)12)16-13(20)17-11-7-15-18(2)8-11/h6-8,10H,3-5H2,1-2H3,(H2,16,17,20). The first-order valence-electron chi connectivity index (χ1n) is 6.69. The molecular weight excluding hydrogens is 256 g/mol.